The molecule has 0 unspecified atom stereocenters. The molecule has 0 aliphatic heterocycles. The molecule has 1 aromatic carbocycles. The number of nitrogens with two attached hydrogens (primary N) is 2. The molecular formula is C16H19N4O2+. The number of rotatable bonds is 4. The Morgan fingerprint density at radius 2 is 2.05 bits per heavy atom. The first-order valence-corrected chi connectivity index (χ1v) is 6.73. The molecule has 1 heterocycles. The maximum atomic E-state index is 11.1. The van der Waals surface area contributed by atoms with E-state index in [1.54, 1.807) is 18.3 Å². The number of carboxylic acid groups (broad SMARTS) is 1. The number of benzene rings is 1. The Labute approximate surface area is 128 Å². The molecule has 6 heteroatoms. The molecular weight excluding hydrogens is 280 g/mol. The van der Waals surface area contributed by atoms with Crippen molar-refractivity contribution in [3.05, 3.63) is 65.1 Å². The summed E-state index contributed by atoms with van der Waals surface area (Å²) in [5.41, 5.74) is 9.94. The topological polar surface area (TPSA) is 107 Å². The van der Waals surface area contributed by atoms with Crippen LogP contribution in [0.25, 0.3) is 5.70 Å². The average molecular weight is 299 g/mol. The summed E-state index contributed by atoms with van der Waals surface area (Å²) < 4.78 is 0. The summed E-state index contributed by atoms with van der Waals surface area (Å²) in [6.45, 7) is 3.76. The van der Waals surface area contributed by atoms with Gasteiger partial charge in [0.15, 0.2) is 11.9 Å². The lowest BCUT2D eigenvalue weighted by Gasteiger charge is -2.18. The maximum absolute atomic E-state index is 11.1. The molecule has 0 fully saturated rings. The van der Waals surface area contributed by atoms with Gasteiger partial charge in [-0.1, -0.05) is 6.07 Å². The molecule has 0 saturated heterocycles. The van der Waals surface area contributed by atoms with Crippen LogP contribution in [0.5, 0.6) is 0 Å². The van der Waals surface area contributed by atoms with E-state index < -0.39 is 5.97 Å². The number of nitrogens with zero attached hydrogens (tertiary/aromatic N) is 1. The zero-order valence-electron chi connectivity index (χ0n) is 12.5. The third-order valence-electron chi connectivity index (χ3n) is 3.39. The van der Waals surface area contributed by atoms with E-state index >= 15 is 0 Å². The largest absolute Gasteiger partial charge is 0.478 e. The fraction of sp³-hybridized carbons (Fsp3) is 0.125. The quantitative estimate of drug-likeness (QED) is 0.585. The van der Waals surface area contributed by atoms with Gasteiger partial charge in [-0.05, 0) is 30.7 Å². The maximum Gasteiger partial charge on any atom is 0.335 e. The zero-order valence-corrected chi connectivity index (χ0v) is 12.5. The van der Waals surface area contributed by atoms with Crippen molar-refractivity contribution in [1.82, 2.24) is 0 Å². The van der Waals surface area contributed by atoms with E-state index in [4.69, 9.17) is 16.7 Å². The van der Waals surface area contributed by atoms with Gasteiger partial charge in [0.1, 0.15) is 0 Å². The Kier molecular flexibility index (Phi) is 4.43. The number of carbonyl (C=O) groups is 1. The van der Waals surface area contributed by atoms with E-state index in [9.17, 15) is 4.79 Å². The summed E-state index contributed by atoms with van der Waals surface area (Å²) in [6.07, 6.45) is 3.39. The lowest BCUT2D eigenvalue weighted by molar-refractivity contribution is -0.387. The summed E-state index contributed by atoms with van der Waals surface area (Å²) >= 11 is 0. The van der Waals surface area contributed by atoms with Gasteiger partial charge in [-0.2, -0.15) is 0 Å². The van der Waals surface area contributed by atoms with E-state index in [1.165, 1.54) is 11.1 Å². The molecule has 0 atom stereocenters. The third kappa shape index (κ3) is 3.24. The number of hydrogen-bond acceptors (Lipinski definition) is 4. The van der Waals surface area contributed by atoms with Gasteiger partial charge < -0.3 is 10.8 Å². The summed E-state index contributed by atoms with van der Waals surface area (Å²) in [7, 11) is 0. The van der Waals surface area contributed by atoms with Crippen LogP contribution in [-0.2, 0) is 0 Å². The third-order valence-corrected chi connectivity index (χ3v) is 3.39. The van der Waals surface area contributed by atoms with E-state index in [1.807, 2.05) is 32.2 Å². The Bertz CT molecular complexity index is 741. The fourth-order valence-electron chi connectivity index (χ4n) is 2.14. The molecule has 6 nitrogen and oxygen atoms in total. The number of aromatic carboxylic acids is 1. The Morgan fingerprint density at radius 1 is 1.32 bits per heavy atom. The average Bonchev–Trinajstić information content (AvgIpc) is 2.47. The molecule has 0 spiro atoms. The van der Waals surface area contributed by atoms with Crippen molar-refractivity contribution in [2.75, 3.05) is 5.01 Å². The van der Waals surface area contributed by atoms with Crippen molar-refractivity contribution < 1.29 is 14.9 Å². The molecule has 0 bridgehead atoms. The number of anilines is 1. The second kappa shape index (κ2) is 6.28. The zero-order chi connectivity index (χ0) is 16.3. The van der Waals surface area contributed by atoms with Gasteiger partial charge in [0.05, 0.1) is 22.5 Å². The normalized spacial score (nSPS) is 11.3. The number of aromatic amines is 1. The van der Waals surface area contributed by atoms with Crippen LogP contribution in [0.1, 0.15) is 27.2 Å². The van der Waals surface area contributed by atoms with Crippen LogP contribution in [0.15, 0.2) is 42.7 Å². The van der Waals surface area contributed by atoms with Crippen LogP contribution in [0.2, 0.25) is 0 Å². The number of carboxylic acids is 1. The van der Waals surface area contributed by atoms with Crippen LogP contribution in [0.4, 0.5) is 5.69 Å². The van der Waals surface area contributed by atoms with E-state index in [2.05, 4.69) is 4.98 Å². The highest BCUT2D eigenvalue weighted by Crippen LogP contribution is 2.21. The van der Waals surface area contributed by atoms with Crippen molar-refractivity contribution in [2.45, 2.75) is 13.8 Å². The lowest BCUT2D eigenvalue weighted by Crippen LogP contribution is -2.27. The Balaban J connectivity index is 2.38. The number of hydrogen-bond donors (Lipinski definition) is 3. The molecule has 0 amide bonds. The van der Waals surface area contributed by atoms with Gasteiger partial charge >= 0.3 is 5.97 Å². The molecule has 6 N–H and O–H groups in total. The minimum absolute atomic E-state index is 0.173. The van der Waals surface area contributed by atoms with E-state index in [0.29, 0.717) is 11.4 Å². The minimum atomic E-state index is -1.000. The van der Waals surface area contributed by atoms with Gasteiger partial charge in [-0.25, -0.2) is 15.6 Å². The number of nitrogens with one attached hydrogen (secondary N) is 1. The minimum Gasteiger partial charge on any atom is -0.478 e. The van der Waals surface area contributed by atoms with E-state index in [-0.39, 0.29) is 5.56 Å². The van der Waals surface area contributed by atoms with Gasteiger partial charge in [-0.3, -0.25) is 5.01 Å². The lowest BCUT2D eigenvalue weighted by atomic mass is 10.1. The summed E-state index contributed by atoms with van der Waals surface area (Å²) in [5, 5.41) is 10.4. The predicted molar refractivity (Wildman–Crippen MR) is 84.7 cm³/mol. The van der Waals surface area contributed by atoms with E-state index in [0.717, 1.165) is 16.8 Å². The second-order valence-corrected chi connectivity index (χ2v) is 5.01. The summed E-state index contributed by atoms with van der Waals surface area (Å²) in [6, 6.07) is 8.50. The van der Waals surface area contributed by atoms with Crippen LogP contribution in [0, 0.1) is 13.8 Å². The van der Waals surface area contributed by atoms with Gasteiger partial charge in [0.25, 0.3) is 0 Å². The van der Waals surface area contributed by atoms with Crippen LogP contribution >= 0.6 is 0 Å². The highest BCUT2D eigenvalue weighted by atomic mass is 16.4. The van der Waals surface area contributed by atoms with Crippen molar-refractivity contribution in [1.29, 1.82) is 0 Å². The highest BCUT2D eigenvalue weighted by Gasteiger charge is 2.11. The first-order valence-electron chi connectivity index (χ1n) is 6.73. The molecule has 0 radical (unpaired) electrons. The van der Waals surface area contributed by atoms with Crippen molar-refractivity contribution >= 4 is 17.4 Å². The molecule has 114 valence electrons. The second-order valence-electron chi connectivity index (χ2n) is 5.01. The fourth-order valence-corrected chi connectivity index (χ4v) is 2.14. The Hall–Kier alpha value is -2.86. The molecule has 0 aliphatic carbocycles. The number of aryl methyl sites for hydroxylation is 2. The summed E-state index contributed by atoms with van der Waals surface area (Å²) in [4.78, 5) is 14.1. The van der Waals surface area contributed by atoms with Gasteiger partial charge in [0, 0.05) is 19.2 Å². The monoisotopic (exact) mass is 299 g/mol. The van der Waals surface area contributed by atoms with Crippen molar-refractivity contribution in [3.8, 4) is 0 Å². The first-order chi connectivity index (χ1) is 10.4. The van der Waals surface area contributed by atoms with Crippen LogP contribution < -0.4 is 21.6 Å². The van der Waals surface area contributed by atoms with Gasteiger partial charge in [-0.15, -0.1) is 0 Å². The number of H-pyrrole nitrogens is 1. The van der Waals surface area contributed by atoms with Crippen molar-refractivity contribution in [2.24, 2.45) is 11.6 Å². The first kappa shape index (κ1) is 15.5. The van der Waals surface area contributed by atoms with Crippen LogP contribution in [0.3, 0.4) is 0 Å². The number of pyridine rings is 1. The standard InChI is InChI=1S/C16H18N4O2/c1-10-5-6-12(16(21)22)8-15(10)20(18)9-14(17)13-4-3-7-19-11(13)2/h3-9H,17-18H2,1-2H3,(H,21,22)/p+1. The molecule has 1 aromatic heterocycles. The predicted octanol–water partition coefficient (Wildman–Crippen LogP) is 1.45. The van der Waals surface area contributed by atoms with Gasteiger partial charge in [0.2, 0.25) is 0 Å². The number of hydrazine groups is 1. The SMILES string of the molecule is Cc1ccc(C(=O)O)cc1N(N)C=C(N)c1ccc[nH+]c1C. The smallest absolute Gasteiger partial charge is 0.335 e. The van der Waals surface area contributed by atoms with Crippen molar-refractivity contribution in [3.63, 3.8) is 0 Å². The molecule has 22 heavy (non-hydrogen) atoms. The summed E-state index contributed by atoms with van der Waals surface area (Å²) in [5.74, 6) is 5.03. The highest BCUT2D eigenvalue weighted by molar-refractivity contribution is 5.89. The molecule has 2 rings (SSSR count). The Morgan fingerprint density at radius 3 is 2.68 bits per heavy atom. The number of aromatic nitrogens is 1. The molecule has 2 aromatic rings. The molecule has 0 saturated carbocycles. The molecule has 0 aliphatic rings. The van der Waals surface area contributed by atoms with Crippen LogP contribution in [-0.4, -0.2) is 11.1 Å².